The van der Waals surface area contributed by atoms with Crippen LogP contribution in [0.25, 0.3) is 0 Å². The van der Waals surface area contributed by atoms with E-state index in [0.29, 0.717) is 6.61 Å². The van der Waals surface area contributed by atoms with E-state index in [-0.39, 0.29) is 0 Å². The van der Waals surface area contributed by atoms with Crippen molar-refractivity contribution in [1.82, 2.24) is 0 Å². The van der Waals surface area contributed by atoms with Crippen LogP contribution in [0.4, 0.5) is 0 Å². The summed E-state index contributed by atoms with van der Waals surface area (Å²) in [6.45, 7) is 4.20. The molecule has 1 N–H and O–H groups in total. The molecular formula is C8H14O2. The van der Waals surface area contributed by atoms with Gasteiger partial charge in [-0.1, -0.05) is 18.2 Å². The monoisotopic (exact) mass is 142 g/mol. The third-order valence-corrected chi connectivity index (χ3v) is 0.956. The lowest BCUT2D eigenvalue weighted by molar-refractivity contribution is -0.0523. The van der Waals surface area contributed by atoms with Gasteiger partial charge in [-0.2, -0.15) is 0 Å². The lowest BCUT2D eigenvalue weighted by atomic mass is 10.5. The molecule has 0 radical (unpaired) electrons. The number of ether oxygens (including phenoxy) is 1. The molecule has 0 fully saturated rings. The van der Waals surface area contributed by atoms with E-state index in [2.05, 4.69) is 0 Å². The predicted octanol–water partition coefficient (Wildman–Crippen LogP) is 1.47. The second-order valence-corrected chi connectivity index (χ2v) is 1.82. The summed E-state index contributed by atoms with van der Waals surface area (Å²) in [6, 6.07) is 0. The highest BCUT2D eigenvalue weighted by Crippen LogP contribution is 1.88. The fourth-order valence-corrected chi connectivity index (χ4v) is 0.471. The molecule has 2 heteroatoms. The number of allylic oxidation sites excluding steroid dienone is 2. The van der Waals surface area contributed by atoms with Crippen molar-refractivity contribution in [3.8, 4) is 0 Å². The summed E-state index contributed by atoms with van der Waals surface area (Å²) in [4.78, 5) is 0. The van der Waals surface area contributed by atoms with Gasteiger partial charge in [0.05, 0.1) is 6.61 Å². The average Bonchev–Trinajstić information content (AvgIpc) is 1.89. The summed E-state index contributed by atoms with van der Waals surface area (Å²) in [5, 5.41) is 8.93. The van der Waals surface area contributed by atoms with E-state index in [1.807, 2.05) is 26.0 Å². The van der Waals surface area contributed by atoms with Crippen LogP contribution in [0.3, 0.4) is 0 Å². The number of rotatable bonds is 4. The SMILES string of the molecule is CC=CC(O)OC/C=C/C. The van der Waals surface area contributed by atoms with Crippen molar-refractivity contribution >= 4 is 0 Å². The minimum atomic E-state index is -0.763. The molecule has 0 aliphatic carbocycles. The molecule has 1 atom stereocenters. The van der Waals surface area contributed by atoms with E-state index in [1.54, 1.807) is 12.2 Å². The molecule has 0 amide bonds. The molecule has 0 spiro atoms. The van der Waals surface area contributed by atoms with Crippen LogP contribution in [-0.2, 0) is 4.74 Å². The van der Waals surface area contributed by atoms with Gasteiger partial charge in [-0.15, -0.1) is 0 Å². The van der Waals surface area contributed by atoms with Gasteiger partial charge < -0.3 is 9.84 Å². The molecule has 0 saturated heterocycles. The highest BCUT2D eigenvalue weighted by molar-refractivity contribution is 4.82. The lowest BCUT2D eigenvalue weighted by Crippen LogP contribution is -2.07. The first kappa shape index (κ1) is 9.40. The molecule has 1 unspecified atom stereocenters. The largest absolute Gasteiger partial charge is 0.365 e. The lowest BCUT2D eigenvalue weighted by Gasteiger charge is -2.03. The first-order chi connectivity index (χ1) is 4.81. The highest BCUT2D eigenvalue weighted by Gasteiger charge is 1.92. The number of aliphatic hydroxyl groups excluding tert-OH is 1. The van der Waals surface area contributed by atoms with E-state index < -0.39 is 6.29 Å². The maximum absolute atomic E-state index is 8.93. The summed E-state index contributed by atoms with van der Waals surface area (Å²) in [7, 11) is 0. The first-order valence-electron chi connectivity index (χ1n) is 3.35. The van der Waals surface area contributed by atoms with Gasteiger partial charge in [0.2, 0.25) is 0 Å². The van der Waals surface area contributed by atoms with Crippen molar-refractivity contribution in [3.63, 3.8) is 0 Å². The van der Waals surface area contributed by atoms with Crippen LogP contribution >= 0.6 is 0 Å². The van der Waals surface area contributed by atoms with Crippen LogP contribution < -0.4 is 0 Å². The van der Waals surface area contributed by atoms with Crippen LogP contribution in [-0.4, -0.2) is 18.0 Å². The zero-order chi connectivity index (χ0) is 7.82. The standard InChI is InChI=1S/C8H14O2/c1-3-5-7-10-8(9)6-4-2/h3-6,8-9H,7H2,1-2H3/b5-3+,6-4?. The second kappa shape index (κ2) is 6.52. The molecule has 2 nitrogen and oxygen atoms in total. The molecule has 0 bridgehead atoms. The zero-order valence-electron chi connectivity index (χ0n) is 6.45. The van der Waals surface area contributed by atoms with E-state index in [1.165, 1.54) is 0 Å². The minimum absolute atomic E-state index is 0.460. The third-order valence-electron chi connectivity index (χ3n) is 0.956. The summed E-state index contributed by atoms with van der Waals surface area (Å²) in [5.74, 6) is 0. The van der Waals surface area contributed by atoms with Gasteiger partial charge in [-0.05, 0) is 19.9 Å². The van der Waals surface area contributed by atoms with Crippen LogP contribution in [0.2, 0.25) is 0 Å². The topological polar surface area (TPSA) is 29.5 Å². The van der Waals surface area contributed by atoms with Crippen molar-refractivity contribution in [2.24, 2.45) is 0 Å². The van der Waals surface area contributed by atoms with Crippen molar-refractivity contribution in [2.45, 2.75) is 20.1 Å². The number of aliphatic hydroxyl groups is 1. The van der Waals surface area contributed by atoms with Crippen LogP contribution in [0.1, 0.15) is 13.8 Å². The first-order valence-corrected chi connectivity index (χ1v) is 3.35. The predicted molar refractivity (Wildman–Crippen MR) is 41.6 cm³/mol. The molecule has 0 aromatic carbocycles. The van der Waals surface area contributed by atoms with Gasteiger partial charge in [0.1, 0.15) is 0 Å². The van der Waals surface area contributed by atoms with Crippen molar-refractivity contribution in [3.05, 3.63) is 24.3 Å². The molecule has 10 heavy (non-hydrogen) atoms. The highest BCUT2D eigenvalue weighted by atomic mass is 16.6. The Morgan fingerprint density at radius 2 is 2.10 bits per heavy atom. The molecule has 0 rings (SSSR count). The molecule has 0 aromatic heterocycles. The van der Waals surface area contributed by atoms with Crippen LogP contribution in [0, 0.1) is 0 Å². The maximum atomic E-state index is 8.93. The maximum Gasteiger partial charge on any atom is 0.174 e. The normalized spacial score (nSPS) is 15.1. The smallest absolute Gasteiger partial charge is 0.174 e. The van der Waals surface area contributed by atoms with Gasteiger partial charge in [0.15, 0.2) is 6.29 Å². The Bertz CT molecular complexity index is 116. The Kier molecular flexibility index (Phi) is 6.13. The molecule has 0 heterocycles. The van der Waals surface area contributed by atoms with Crippen molar-refractivity contribution < 1.29 is 9.84 Å². The Balaban J connectivity index is 3.30. The summed E-state index contributed by atoms with van der Waals surface area (Å²) in [5.41, 5.74) is 0. The van der Waals surface area contributed by atoms with Gasteiger partial charge in [-0.25, -0.2) is 0 Å². The fraction of sp³-hybridized carbons (Fsp3) is 0.500. The summed E-state index contributed by atoms with van der Waals surface area (Å²) < 4.78 is 4.90. The fourth-order valence-electron chi connectivity index (χ4n) is 0.471. The Morgan fingerprint density at radius 1 is 1.40 bits per heavy atom. The Morgan fingerprint density at radius 3 is 2.60 bits per heavy atom. The van der Waals surface area contributed by atoms with Gasteiger partial charge in [0, 0.05) is 0 Å². The van der Waals surface area contributed by atoms with E-state index in [0.717, 1.165) is 0 Å². The second-order valence-electron chi connectivity index (χ2n) is 1.82. The van der Waals surface area contributed by atoms with E-state index in [9.17, 15) is 0 Å². The Labute approximate surface area is 61.8 Å². The third kappa shape index (κ3) is 5.54. The average molecular weight is 142 g/mol. The summed E-state index contributed by atoms with van der Waals surface area (Å²) in [6.07, 6.45) is 6.29. The molecule has 0 saturated carbocycles. The van der Waals surface area contributed by atoms with Gasteiger partial charge in [0.25, 0.3) is 0 Å². The molecular weight excluding hydrogens is 128 g/mol. The number of hydrogen-bond donors (Lipinski definition) is 1. The molecule has 0 aliphatic rings. The summed E-state index contributed by atoms with van der Waals surface area (Å²) >= 11 is 0. The molecule has 58 valence electrons. The van der Waals surface area contributed by atoms with Crippen molar-refractivity contribution in [2.75, 3.05) is 6.61 Å². The van der Waals surface area contributed by atoms with E-state index >= 15 is 0 Å². The van der Waals surface area contributed by atoms with Crippen LogP contribution in [0.5, 0.6) is 0 Å². The molecule has 0 aliphatic heterocycles. The van der Waals surface area contributed by atoms with Gasteiger partial charge >= 0.3 is 0 Å². The van der Waals surface area contributed by atoms with Crippen molar-refractivity contribution in [1.29, 1.82) is 0 Å². The van der Waals surface area contributed by atoms with E-state index in [4.69, 9.17) is 9.84 Å². The Hall–Kier alpha value is -0.600. The van der Waals surface area contributed by atoms with Gasteiger partial charge in [-0.3, -0.25) is 0 Å². The van der Waals surface area contributed by atoms with Crippen LogP contribution in [0.15, 0.2) is 24.3 Å². The minimum Gasteiger partial charge on any atom is -0.365 e. The molecule has 0 aromatic rings. The quantitative estimate of drug-likeness (QED) is 0.476. The zero-order valence-corrected chi connectivity index (χ0v) is 6.45. The number of hydrogen-bond acceptors (Lipinski definition) is 2.